The molecule has 24 heavy (non-hydrogen) atoms. The molecule has 0 saturated heterocycles. The first-order chi connectivity index (χ1) is 11.4. The highest BCUT2D eigenvalue weighted by Crippen LogP contribution is 2.34. The summed E-state index contributed by atoms with van der Waals surface area (Å²) in [7, 11) is -3.29. The van der Waals surface area contributed by atoms with Crippen molar-refractivity contribution in [2.75, 3.05) is 22.4 Å². The minimum absolute atomic E-state index is 0.00505. The number of nitrogens with zero attached hydrogens (tertiary/aromatic N) is 1. The zero-order valence-electron chi connectivity index (χ0n) is 14.4. The average Bonchev–Trinajstić information content (AvgIpc) is 3.06. The summed E-state index contributed by atoms with van der Waals surface area (Å²) in [6, 6.07) is 5.61. The van der Waals surface area contributed by atoms with Gasteiger partial charge in [0.2, 0.25) is 15.9 Å². The number of aryl methyl sites for hydroxylation is 1. The van der Waals surface area contributed by atoms with Crippen molar-refractivity contribution in [3.8, 4) is 0 Å². The van der Waals surface area contributed by atoms with E-state index in [1.807, 2.05) is 19.1 Å². The average molecular weight is 350 g/mol. The van der Waals surface area contributed by atoms with E-state index in [0.29, 0.717) is 23.8 Å². The van der Waals surface area contributed by atoms with Crippen molar-refractivity contribution >= 4 is 27.3 Å². The van der Waals surface area contributed by atoms with Crippen molar-refractivity contribution in [1.29, 1.82) is 0 Å². The Morgan fingerprint density at radius 1 is 1.25 bits per heavy atom. The van der Waals surface area contributed by atoms with Crippen molar-refractivity contribution in [3.05, 3.63) is 23.8 Å². The molecule has 3 rings (SSSR count). The minimum atomic E-state index is -3.29. The maximum atomic E-state index is 12.5. The van der Waals surface area contributed by atoms with Crippen LogP contribution in [0, 0.1) is 11.8 Å². The number of fused-ring (bicyclic) bond motifs is 1. The Morgan fingerprint density at radius 3 is 2.62 bits per heavy atom. The van der Waals surface area contributed by atoms with Gasteiger partial charge < -0.3 is 5.32 Å². The van der Waals surface area contributed by atoms with E-state index in [1.165, 1.54) is 23.4 Å². The van der Waals surface area contributed by atoms with Gasteiger partial charge in [-0.05, 0) is 49.3 Å². The van der Waals surface area contributed by atoms with E-state index in [-0.39, 0.29) is 11.8 Å². The lowest BCUT2D eigenvalue weighted by Gasteiger charge is -2.29. The molecular weight excluding hydrogens is 324 g/mol. The number of hydrogen-bond donors (Lipinski definition) is 1. The van der Waals surface area contributed by atoms with Crippen LogP contribution in [0.15, 0.2) is 18.2 Å². The van der Waals surface area contributed by atoms with Crippen LogP contribution in [0.4, 0.5) is 11.4 Å². The zero-order valence-corrected chi connectivity index (χ0v) is 15.2. The fourth-order valence-electron chi connectivity index (χ4n) is 3.89. The molecule has 5 nitrogen and oxygen atoms in total. The van der Waals surface area contributed by atoms with E-state index in [4.69, 9.17) is 0 Å². The second-order valence-electron chi connectivity index (χ2n) is 7.10. The lowest BCUT2D eigenvalue weighted by atomic mass is 9.92. The highest BCUT2D eigenvalue weighted by molar-refractivity contribution is 7.92. The van der Waals surface area contributed by atoms with Crippen LogP contribution >= 0.6 is 0 Å². The van der Waals surface area contributed by atoms with Crippen LogP contribution in [0.1, 0.15) is 44.6 Å². The van der Waals surface area contributed by atoms with E-state index >= 15 is 0 Å². The van der Waals surface area contributed by atoms with Crippen LogP contribution in [0.3, 0.4) is 0 Å². The van der Waals surface area contributed by atoms with Gasteiger partial charge in [-0.1, -0.05) is 25.8 Å². The molecule has 1 aliphatic carbocycles. The summed E-state index contributed by atoms with van der Waals surface area (Å²) in [6.07, 6.45) is 7.60. The van der Waals surface area contributed by atoms with E-state index in [9.17, 15) is 13.2 Å². The molecule has 1 aromatic rings. The van der Waals surface area contributed by atoms with Crippen molar-refractivity contribution in [2.24, 2.45) is 11.8 Å². The molecule has 1 saturated carbocycles. The van der Waals surface area contributed by atoms with Crippen molar-refractivity contribution in [2.45, 2.75) is 45.4 Å². The Kier molecular flexibility index (Phi) is 4.85. The maximum absolute atomic E-state index is 12.5. The SMILES string of the molecule is CC(C(=O)Nc1ccc2c(c1)N(S(C)(=O)=O)CCC2)C1CCCC1. The molecule has 132 valence electrons. The molecule has 1 aromatic carbocycles. The molecule has 0 radical (unpaired) electrons. The number of hydrogen-bond acceptors (Lipinski definition) is 3. The summed E-state index contributed by atoms with van der Waals surface area (Å²) < 4.78 is 25.5. The quantitative estimate of drug-likeness (QED) is 0.907. The summed E-state index contributed by atoms with van der Waals surface area (Å²) in [5, 5.41) is 2.98. The molecule has 1 unspecified atom stereocenters. The topological polar surface area (TPSA) is 66.5 Å². The number of sulfonamides is 1. The van der Waals surface area contributed by atoms with Gasteiger partial charge in [0.25, 0.3) is 0 Å². The van der Waals surface area contributed by atoms with Gasteiger partial charge in [-0.15, -0.1) is 0 Å². The number of anilines is 2. The van der Waals surface area contributed by atoms with Crippen molar-refractivity contribution in [1.82, 2.24) is 0 Å². The van der Waals surface area contributed by atoms with Crippen LogP contribution in [-0.2, 0) is 21.2 Å². The van der Waals surface area contributed by atoms with Gasteiger partial charge in [0.05, 0.1) is 11.9 Å². The number of carbonyl (C=O) groups is 1. The fraction of sp³-hybridized carbons (Fsp3) is 0.611. The van der Waals surface area contributed by atoms with Gasteiger partial charge in [0, 0.05) is 18.2 Å². The molecule has 0 bridgehead atoms. The molecule has 1 aliphatic heterocycles. The van der Waals surface area contributed by atoms with Gasteiger partial charge in [0.15, 0.2) is 0 Å². The molecule has 0 spiro atoms. The number of rotatable bonds is 4. The first-order valence-corrected chi connectivity index (χ1v) is 10.6. The van der Waals surface area contributed by atoms with E-state index in [1.54, 1.807) is 6.07 Å². The van der Waals surface area contributed by atoms with Gasteiger partial charge in [0.1, 0.15) is 0 Å². The van der Waals surface area contributed by atoms with E-state index in [2.05, 4.69) is 5.32 Å². The molecule has 6 heteroatoms. The van der Waals surface area contributed by atoms with Crippen molar-refractivity contribution in [3.63, 3.8) is 0 Å². The van der Waals surface area contributed by atoms with Crippen LogP contribution < -0.4 is 9.62 Å². The minimum Gasteiger partial charge on any atom is -0.326 e. The zero-order chi connectivity index (χ0) is 17.3. The van der Waals surface area contributed by atoms with E-state index in [0.717, 1.165) is 31.2 Å². The summed E-state index contributed by atoms with van der Waals surface area (Å²) >= 11 is 0. The van der Waals surface area contributed by atoms with Crippen LogP contribution in [0.25, 0.3) is 0 Å². The second-order valence-corrected chi connectivity index (χ2v) is 9.01. The fourth-order valence-corrected chi connectivity index (χ4v) is 4.88. The van der Waals surface area contributed by atoms with Gasteiger partial charge in [-0.2, -0.15) is 0 Å². The van der Waals surface area contributed by atoms with Gasteiger partial charge >= 0.3 is 0 Å². The number of amides is 1. The number of carbonyl (C=O) groups excluding carboxylic acids is 1. The molecule has 1 heterocycles. The molecular formula is C18H26N2O3S. The Hall–Kier alpha value is -1.56. The molecule has 1 fully saturated rings. The lowest BCUT2D eigenvalue weighted by molar-refractivity contribution is -0.120. The van der Waals surface area contributed by atoms with Gasteiger partial charge in [-0.3, -0.25) is 9.10 Å². The first-order valence-electron chi connectivity index (χ1n) is 8.78. The molecule has 2 aliphatic rings. The van der Waals surface area contributed by atoms with Crippen molar-refractivity contribution < 1.29 is 13.2 Å². The second kappa shape index (κ2) is 6.75. The first kappa shape index (κ1) is 17.3. The highest BCUT2D eigenvalue weighted by atomic mass is 32.2. The summed E-state index contributed by atoms with van der Waals surface area (Å²) in [4.78, 5) is 12.5. The molecule has 1 atom stereocenters. The third-order valence-corrected chi connectivity index (χ3v) is 6.53. The van der Waals surface area contributed by atoms with E-state index < -0.39 is 10.0 Å². The smallest absolute Gasteiger partial charge is 0.232 e. The van der Waals surface area contributed by atoms with Crippen LogP contribution in [-0.4, -0.2) is 27.1 Å². The summed E-state index contributed by atoms with van der Waals surface area (Å²) in [5.41, 5.74) is 2.41. The van der Waals surface area contributed by atoms with Gasteiger partial charge in [-0.25, -0.2) is 8.42 Å². The predicted octanol–water partition coefficient (Wildman–Crippen LogP) is 3.16. The third kappa shape index (κ3) is 3.58. The third-order valence-electron chi connectivity index (χ3n) is 5.35. The highest BCUT2D eigenvalue weighted by Gasteiger charge is 2.28. The summed E-state index contributed by atoms with van der Waals surface area (Å²) in [6.45, 7) is 2.49. The molecule has 0 aromatic heterocycles. The normalized spacial score (nSPS) is 19.8. The Labute approximate surface area is 144 Å². The molecule has 1 amide bonds. The Balaban J connectivity index is 1.79. The maximum Gasteiger partial charge on any atom is 0.232 e. The monoisotopic (exact) mass is 350 g/mol. The largest absolute Gasteiger partial charge is 0.326 e. The molecule has 1 N–H and O–H groups in total. The predicted molar refractivity (Wildman–Crippen MR) is 96.7 cm³/mol. The van der Waals surface area contributed by atoms with Crippen LogP contribution in [0.2, 0.25) is 0 Å². The standard InChI is InChI=1S/C18H26N2O3S/c1-13(14-6-3-4-7-14)18(21)19-16-10-9-15-8-5-11-20(17(15)12-16)24(2,22)23/h9-10,12-14H,3-8,11H2,1-2H3,(H,19,21). The number of benzene rings is 1. The lowest BCUT2D eigenvalue weighted by Crippen LogP contribution is -2.34. The Bertz CT molecular complexity index is 724. The Morgan fingerprint density at radius 2 is 1.96 bits per heavy atom. The summed E-state index contributed by atoms with van der Waals surface area (Å²) in [5.74, 6) is 0.494. The van der Waals surface area contributed by atoms with Crippen LogP contribution in [0.5, 0.6) is 0 Å². The number of nitrogens with one attached hydrogen (secondary N) is 1.